The molecule has 0 unspecified atom stereocenters. The summed E-state index contributed by atoms with van der Waals surface area (Å²) in [6.45, 7) is 1.82. The first kappa shape index (κ1) is 14.3. The SMILES string of the molecule is Cc1ccc([N+](=O)[O-])cc1-c1ccc(/C=N\NC(N)=O)o1. The van der Waals surface area contributed by atoms with Gasteiger partial charge in [-0.25, -0.2) is 10.2 Å². The lowest BCUT2D eigenvalue weighted by Gasteiger charge is -2.02. The lowest BCUT2D eigenvalue weighted by Crippen LogP contribution is -2.24. The van der Waals surface area contributed by atoms with Crippen molar-refractivity contribution in [2.75, 3.05) is 0 Å². The van der Waals surface area contributed by atoms with Crippen molar-refractivity contribution in [2.45, 2.75) is 6.92 Å². The van der Waals surface area contributed by atoms with E-state index in [0.717, 1.165) is 5.56 Å². The molecular weight excluding hydrogens is 276 g/mol. The molecule has 0 bridgehead atoms. The fourth-order valence-corrected chi connectivity index (χ4v) is 1.72. The number of aryl methyl sites for hydroxylation is 1. The Labute approximate surface area is 119 Å². The van der Waals surface area contributed by atoms with Crippen molar-refractivity contribution in [3.63, 3.8) is 0 Å². The number of hydrazone groups is 1. The normalized spacial score (nSPS) is 10.7. The van der Waals surface area contributed by atoms with E-state index in [9.17, 15) is 14.9 Å². The molecule has 1 aromatic heterocycles. The van der Waals surface area contributed by atoms with Crippen LogP contribution in [0.2, 0.25) is 0 Å². The summed E-state index contributed by atoms with van der Waals surface area (Å²) in [6.07, 6.45) is 1.28. The Bertz CT molecular complexity index is 721. The number of carbonyl (C=O) groups excluding carboxylic acids is 1. The smallest absolute Gasteiger partial charge is 0.332 e. The van der Waals surface area contributed by atoms with Crippen LogP contribution < -0.4 is 11.2 Å². The Balaban J connectivity index is 2.29. The van der Waals surface area contributed by atoms with Crippen molar-refractivity contribution >= 4 is 17.9 Å². The van der Waals surface area contributed by atoms with E-state index in [1.165, 1.54) is 18.3 Å². The van der Waals surface area contributed by atoms with Gasteiger partial charge in [-0.2, -0.15) is 5.10 Å². The first-order chi connectivity index (χ1) is 9.97. The fraction of sp³-hybridized carbons (Fsp3) is 0.0769. The van der Waals surface area contributed by atoms with E-state index in [4.69, 9.17) is 10.2 Å². The Kier molecular flexibility index (Phi) is 3.98. The number of carbonyl (C=O) groups is 1. The number of non-ortho nitro benzene ring substituents is 1. The molecule has 0 aliphatic heterocycles. The van der Waals surface area contributed by atoms with Crippen LogP contribution in [0.4, 0.5) is 10.5 Å². The van der Waals surface area contributed by atoms with Crippen LogP contribution in [0.1, 0.15) is 11.3 Å². The van der Waals surface area contributed by atoms with Gasteiger partial charge in [0.15, 0.2) is 0 Å². The Hall–Kier alpha value is -3.16. The first-order valence-corrected chi connectivity index (χ1v) is 5.91. The molecule has 2 rings (SSSR count). The van der Waals surface area contributed by atoms with Crippen LogP contribution in [0.3, 0.4) is 0 Å². The molecule has 21 heavy (non-hydrogen) atoms. The number of furan rings is 1. The summed E-state index contributed by atoms with van der Waals surface area (Å²) in [4.78, 5) is 20.8. The minimum absolute atomic E-state index is 0.0161. The molecule has 1 aromatic carbocycles. The summed E-state index contributed by atoms with van der Waals surface area (Å²) in [6, 6.07) is 7.03. The van der Waals surface area contributed by atoms with Crippen LogP contribution in [0.15, 0.2) is 39.9 Å². The van der Waals surface area contributed by atoms with Crippen molar-refractivity contribution in [3.05, 3.63) is 51.8 Å². The van der Waals surface area contributed by atoms with Gasteiger partial charge in [-0.15, -0.1) is 0 Å². The van der Waals surface area contributed by atoms with E-state index in [2.05, 4.69) is 5.10 Å². The van der Waals surface area contributed by atoms with Gasteiger partial charge in [0.25, 0.3) is 5.69 Å². The summed E-state index contributed by atoms with van der Waals surface area (Å²) in [5.74, 6) is 0.849. The Morgan fingerprint density at radius 3 is 2.86 bits per heavy atom. The Morgan fingerprint density at radius 2 is 2.19 bits per heavy atom. The molecule has 0 atom stereocenters. The van der Waals surface area contributed by atoms with Gasteiger partial charge in [0.05, 0.1) is 11.1 Å². The molecule has 0 radical (unpaired) electrons. The van der Waals surface area contributed by atoms with Crippen LogP contribution >= 0.6 is 0 Å². The monoisotopic (exact) mass is 288 g/mol. The molecule has 0 aliphatic rings. The van der Waals surface area contributed by atoms with Gasteiger partial charge in [-0.3, -0.25) is 10.1 Å². The summed E-state index contributed by atoms with van der Waals surface area (Å²) in [7, 11) is 0. The zero-order valence-electron chi connectivity index (χ0n) is 11.1. The maximum absolute atomic E-state index is 10.8. The number of benzene rings is 1. The second kappa shape index (κ2) is 5.87. The van der Waals surface area contributed by atoms with Crippen LogP contribution in [0.5, 0.6) is 0 Å². The topological polar surface area (TPSA) is 124 Å². The number of hydrogen-bond donors (Lipinski definition) is 2. The van der Waals surface area contributed by atoms with E-state index in [-0.39, 0.29) is 5.69 Å². The molecule has 2 amide bonds. The molecule has 0 fully saturated rings. The summed E-state index contributed by atoms with van der Waals surface area (Å²) in [5.41, 5.74) is 8.34. The van der Waals surface area contributed by atoms with Crippen molar-refractivity contribution in [2.24, 2.45) is 10.8 Å². The third-order valence-corrected chi connectivity index (χ3v) is 2.69. The van der Waals surface area contributed by atoms with Gasteiger partial charge < -0.3 is 10.2 Å². The van der Waals surface area contributed by atoms with Gasteiger partial charge in [-0.05, 0) is 24.6 Å². The number of nitrogens with zero attached hydrogens (tertiary/aromatic N) is 2. The zero-order valence-corrected chi connectivity index (χ0v) is 11.1. The second-order valence-electron chi connectivity index (χ2n) is 4.19. The number of rotatable bonds is 4. The lowest BCUT2D eigenvalue weighted by atomic mass is 10.1. The van der Waals surface area contributed by atoms with Gasteiger partial charge in [0, 0.05) is 17.7 Å². The number of primary amides is 1. The average molecular weight is 288 g/mol. The Morgan fingerprint density at radius 1 is 1.43 bits per heavy atom. The lowest BCUT2D eigenvalue weighted by molar-refractivity contribution is -0.384. The van der Waals surface area contributed by atoms with Crippen LogP contribution in [0, 0.1) is 17.0 Å². The van der Waals surface area contributed by atoms with Gasteiger partial charge in [0.1, 0.15) is 11.5 Å². The van der Waals surface area contributed by atoms with Crippen LogP contribution in [-0.4, -0.2) is 17.2 Å². The molecule has 1 heterocycles. The zero-order chi connectivity index (χ0) is 15.4. The largest absolute Gasteiger partial charge is 0.455 e. The third-order valence-electron chi connectivity index (χ3n) is 2.69. The van der Waals surface area contributed by atoms with Crippen molar-refractivity contribution < 1.29 is 14.1 Å². The molecule has 0 saturated heterocycles. The number of nitrogens with two attached hydrogens (primary N) is 1. The van der Waals surface area contributed by atoms with Crippen LogP contribution in [-0.2, 0) is 0 Å². The quantitative estimate of drug-likeness (QED) is 0.508. The predicted octanol–water partition coefficient (Wildman–Crippen LogP) is 2.17. The summed E-state index contributed by atoms with van der Waals surface area (Å²) < 4.78 is 5.50. The summed E-state index contributed by atoms with van der Waals surface area (Å²) >= 11 is 0. The number of nitro groups is 1. The predicted molar refractivity (Wildman–Crippen MR) is 75.8 cm³/mol. The minimum atomic E-state index is -0.785. The van der Waals surface area contributed by atoms with Gasteiger partial charge in [-0.1, -0.05) is 6.07 Å². The van der Waals surface area contributed by atoms with Crippen molar-refractivity contribution in [1.29, 1.82) is 0 Å². The standard InChI is InChI=1S/C13H12N4O4/c1-8-2-3-9(17(19)20)6-11(8)12-5-4-10(21-12)7-15-16-13(14)18/h2-7H,1H3,(H3,14,16,18)/b15-7-. The van der Waals surface area contributed by atoms with Crippen molar-refractivity contribution in [1.82, 2.24) is 5.43 Å². The number of amides is 2. The van der Waals surface area contributed by atoms with E-state index in [1.807, 2.05) is 12.3 Å². The number of urea groups is 1. The molecule has 8 heteroatoms. The second-order valence-corrected chi connectivity index (χ2v) is 4.19. The molecule has 0 spiro atoms. The maximum atomic E-state index is 10.8. The van der Waals surface area contributed by atoms with Gasteiger partial charge >= 0.3 is 6.03 Å². The average Bonchev–Trinajstić information content (AvgIpc) is 2.87. The number of nitrogens with one attached hydrogen (secondary N) is 1. The van der Waals surface area contributed by atoms with Crippen LogP contribution in [0.25, 0.3) is 11.3 Å². The first-order valence-electron chi connectivity index (χ1n) is 5.91. The molecule has 108 valence electrons. The molecule has 3 N–H and O–H groups in total. The van der Waals surface area contributed by atoms with E-state index >= 15 is 0 Å². The number of nitro benzene ring substituents is 1. The highest BCUT2D eigenvalue weighted by molar-refractivity contribution is 5.80. The van der Waals surface area contributed by atoms with Crippen molar-refractivity contribution in [3.8, 4) is 11.3 Å². The molecule has 8 nitrogen and oxygen atoms in total. The fourth-order valence-electron chi connectivity index (χ4n) is 1.72. The van der Waals surface area contributed by atoms with Gasteiger partial charge in [0.2, 0.25) is 0 Å². The highest BCUT2D eigenvalue weighted by Gasteiger charge is 2.12. The molecular formula is C13H12N4O4. The molecule has 2 aromatic rings. The summed E-state index contributed by atoms with van der Waals surface area (Å²) in [5, 5.41) is 14.4. The third kappa shape index (κ3) is 3.44. The minimum Gasteiger partial charge on any atom is -0.455 e. The van der Waals surface area contributed by atoms with E-state index < -0.39 is 11.0 Å². The van der Waals surface area contributed by atoms with E-state index in [0.29, 0.717) is 17.1 Å². The number of hydrogen-bond acceptors (Lipinski definition) is 5. The highest BCUT2D eigenvalue weighted by atomic mass is 16.6. The highest BCUT2D eigenvalue weighted by Crippen LogP contribution is 2.28. The maximum Gasteiger partial charge on any atom is 0.332 e. The molecule has 0 aliphatic carbocycles. The van der Waals surface area contributed by atoms with E-state index in [1.54, 1.807) is 18.2 Å². The molecule has 0 saturated carbocycles.